The van der Waals surface area contributed by atoms with Crippen LogP contribution in [-0.4, -0.2) is 63.5 Å². The van der Waals surface area contributed by atoms with E-state index in [0.29, 0.717) is 21.4 Å². The van der Waals surface area contributed by atoms with Gasteiger partial charge >= 0.3 is 0 Å². The molecule has 0 amide bonds. The van der Waals surface area contributed by atoms with Gasteiger partial charge in [-0.3, -0.25) is 4.90 Å². The molecule has 9 heteroatoms. The lowest BCUT2D eigenvalue weighted by atomic mass is 10.1. The normalized spacial score (nSPS) is 15.6. The fraction of sp³-hybridized carbons (Fsp3) is 0.292. The van der Waals surface area contributed by atoms with E-state index in [0.717, 1.165) is 55.3 Å². The summed E-state index contributed by atoms with van der Waals surface area (Å²) in [7, 11) is 0. The number of halogens is 2. The number of hydrogen-bond acceptors (Lipinski definition) is 6. The van der Waals surface area contributed by atoms with Crippen LogP contribution < -0.4 is 5.32 Å². The van der Waals surface area contributed by atoms with Gasteiger partial charge in [-0.05, 0) is 31.2 Å². The molecule has 4 aromatic rings. The molecule has 0 saturated carbocycles. The fourth-order valence-corrected chi connectivity index (χ4v) is 4.46. The van der Waals surface area contributed by atoms with Crippen LogP contribution in [0.4, 0.5) is 5.82 Å². The van der Waals surface area contributed by atoms with Crippen LogP contribution in [0.25, 0.3) is 28.0 Å². The van der Waals surface area contributed by atoms with E-state index < -0.39 is 0 Å². The smallest absolute Gasteiger partial charge is 0.158 e. The van der Waals surface area contributed by atoms with Gasteiger partial charge in [0.15, 0.2) is 11.3 Å². The third-order valence-corrected chi connectivity index (χ3v) is 6.25. The molecule has 0 bridgehead atoms. The number of benzene rings is 2. The monoisotopic (exact) mass is 482 g/mol. The molecule has 33 heavy (non-hydrogen) atoms. The summed E-state index contributed by atoms with van der Waals surface area (Å²) in [6, 6.07) is 15.4. The standard InChI is InChI=1S/C24H24Cl2N6O/c1-16(14-31-10-12-33-13-11-31)29-24-22-21(27-15-28-24)23(17-6-8-18(25)9-7-17)32(30-22)20-5-3-2-4-19(20)26/h2-9,15-16H,10-14H2,1H3,(H,27,28,29). The lowest BCUT2D eigenvalue weighted by molar-refractivity contribution is 0.0368. The number of nitrogens with one attached hydrogen (secondary N) is 1. The van der Waals surface area contributed by atoms with Gasteiger partial charge in [-0.2, -0.15) is 5.10 Å². The van der Waals surface area contributed by atoms with Crippen molar-refractivity contribution in [3.05, 3.63) is 64.9 Å². The molecular weight excluding hydrogens is 459 g/mol. The van der Waals surface area contributed by atoms with E-state index in [1.165, 1.54) is 0 Å². The van der Waals surface area contributed by atoms with Crippen molar-refractivity contribution in [1.29, 1.82) is 0 Å². The van der Waals surface area contributed by atoms with Crippen LogP contribution in [0.1, 0.15) is 6.92 Å². The van der Waals surface area contributed by atoms with Gasteiger partial charge in [0.1, 0.15) is 17.5 Å². The van der Waals surface area contributed by atoms with Crippen LogP contribution in [0.15, 0.2) is 54.9 Å². The molecule has 1 N–H and O–H groups in total. The van der Waals surface area contributed by atoms with Crippen molar-refractivity contribution >= 4 is 40.1 Å². The first-order valence-corrected chi connectivity index (χ1v) is 11.7. The maximum Gasteiger partial charge on any atom is 0.158 e. The Balaban J connectivity index is 1.58. The van der Waals surface area contributed by atoms with Crippen LogP contribution in [-0.2, 0) is 4.74 Å². The number of nitrogens with zero attached hydrogens (tertiary/aromatic N) is 5. The summed E-state index contributed by atoms with van der Waals surface area (Å²) < 4.78 is 7.30. The van der Waals surface area contributed by atoms with Crippen LogP contribution >= 0.6 is 23.2 Å². The van der Waals surface area contributed by atoms with Gasteiger partial charge in [0.05, 0.1) is 23.9 Å². The number of hydrogen-bond donors (Lipinski definition) is 1. The van der Waals surface area contributed by atoms with E-state index in [4.69, 9.17) is 33.0 Å². The first kappa shape index (κ1) is 22.1. The number of anilines is 1. The molecule has 1 saturated heterocycles. The van der Waals surface area contributed by atoms with Gasteiger partial charge in [-0.15, -0.1) is 0 Å². The van der Waals surface area contributed by atoms with Gasteiger partial charge in [0.2, 0.25) is 0 Å². The number of para-hydroxylation sites is 1. The second kappa shape index (κ2) is 9.65. The number of fused-ring (bicyclic) bond motifs is 1. The van der Waals surface area contributed by atoms with Crippen LogP contribution in [0, 0.1) is 0 Å². The minimum Gasteiger partial charge on any atom is -0.379 e. The molecule has 5 rings (SSSR count). The summed E-state index contributed by atoms with van der Waals surface area (Å²) in [5, 5.41) is 9.72. The summed E-state index contributed by atoms with van der Waals surface area (Å²) in [5.74, 6) is 0.696. The summed E-state index contributed by atoms with van der Waals surface area (Å²) in [4.78, 5) is 11.5. The van der Waals surface area contributed by atoms with Crippen molar-refractivity contribution in [3.8, 4) is 16.9 Å². The Labute approximate surface area is 202 Å². The highest BCUT2D eigenvalue weighted by Crippen LogP contribution is 2.34. The average Bonchev–Trinajstić information content (AvgIpc) is 3.21. The van der Waals surface area contributed by atoms with E-state index in [-0.39, 0.29) is 6.04 Å². The lowest BCUT2D eigenvalue weighted by Gasteiger charge is -2.29. The molecule has 0 aliphatic carbocycles. The molecule has 2 aromatic carbocycles. The minimum absolute atomic E-state index is 0.172. The Morgan fingerprint density at radius 2 is 1.76 bits per heavy atom. The number of ether oxygens (including phenoxy) is 1. The lowest BCUT2D eigenvalue weighted by Crippen LogP contribution is -2.42. The Bertz CT molecular complexity index is 1250. The molecule has 3 heterocycles. The number of aromatic nitrogens is 4. The summed E-state index contributed by atoms with van der Waals surface area (Å²) in [5.41, 5.74) is 3.98. The first-order valence-electron chi connectivity index (χ1n) is 10.9. The Kier molecular flexibility index (Phi) is 6.46. The van der Waals surface area contributed by atoms with Gasteiger partial charge < -0.3 is 10.1 Å². The van der Waals surface area contributed by atoms with E-state index in [1.807, 2.05) is 53.2 Å². The third kappa shape index (κ3) is 4.68. The molecule has 1 fully saturated rings. The molecule has 7 nitrogen and oxygen atoms in total. The van der Waals surface area contributed by atoms with Crippen molar-refractivity contribution < 1.29 is 4.74 Å². The van der Waals surface area contributed by atoms with Crippen molar-refractivity contribution in [2.45, 2.75) is 13.0 Å². The minimum atomic E-state index is 0.172. The van der Waals surface area contributed by atoms with Gasteiger partial charge in [0, 0.05) is 36.3 Å². The first-order chi connectivity index (χ1) is 16.1. The summed E-state index contributed by atoms with van der Waals surface area (Å²) in [6.45, 7) is 6.47. The Morgan fingerprint density at radius 1 is 1.00 bits per heavy atom. The van der Waals surface area contributed by atoms with Gasteiger partial charge in [-0.1, -0.05) is 47.5 Å². The quantitative estimate of drug-likeness (QED) is 0.420. The average molecular weight is 483 g/mol. The molecule has 1 unspecified atom stereocenters. The second-order valence-electron chi connectivity index (χ2n) is 8.10. The Hall–Kier alpha value is -2.71. The molecule has 170 valence electrons. The second-order valence-corrected chi connectivity index (χ2v) is 8.94. The Morgan fingerprint density at radius 3 is 2.52 bits per heavy atom. The largest absolute Gasteiger partial charge is 0.379 e. The molecule has 1 atom stereocenters. The molecule has 0 spiro atoms. The van der Waals surface area contributed by atoms with Crippen LogP contribution in [0.3, 0.4) is 0 Å². The zero-order valence-corrected chi connectivity index (χ0v) is 19.7. The summed E-state index contributed by atoms with van der Waals surface area (Å²) >= 11 is 12.7. The topological polar surface area (TPSA) is 68.1 Å². The van der Waals surface area contributed by atoms with Crippen molar-refractivity contribution in [2.24, 2.45) is 0 Å². The molecule has 1 aliphatic heterocycles. The van der Waals surface area contributed by atoms with E-state index >= 15 is 0 Å². The zero-order valence-electron chi connectivity index (χ0n) is 18.2. The molecular formula is C24H24Cl2N6O. The van der Waals surface area contributed by atoms with Crippen molar-refractivity contribution in [1.82, 2.24) is 24.6 Å². The van der Waals surface area contributed by atoms with Crippen molar-refractivity contribution in [3.63, 3.8) is 0 Å². The molecule has 2 aromatic heterocycles. The van der Waals surface area contributed by atoms with Crippen LogP contribution in [0.2, 0.25) is 10.0 Å². The third-order valence-electron chi connectivity index (χ3n) is 5.68. The SMILES string of the molecule is CC(CN1CCOCC1)Nc1ncnc2c(-c3ccc(Cl)cc3)n(-c3ccccc3Cl)nc12. The highest BCUT2D eigenvalue weighted by Gasteiger charge is 2.22. The van der Waals surface area contributed by atoms with E-state index in [9.17, 15) is 0 Å². The predicted molar refractivity (Wildman–Crippen MR) is 132 cm³/mol. The van der Waals surface area contributed by atoms with E-state index in [2.05, 4.69) is 27.1 Å². The maximum absolute atomic E-state index is 6.55. The number of morpholine rings is 1. The highest BCUT2D eigenvalue weighted by molar-refractivity contribution is 6.32. The zero-order chi connectivity index (χ0) is 22.8. The molecule has 0 radical (unpaired) electrons. The highest BCUT2D eigenvalue weighted by atomic mass is 35.5. The van der Waals surface area contributed by atoms with Gasteiger partial charge in [-0.25, -0.2) is 14.6 Å². The number of rotatable bonds is 6. The van der Waals surface area contributed by atoms with Gasteiger partial charge in [0.25, 0.3) is 0 Å². The molecule has 1 aliphatic rings. The summed E-state index contributed by atoms with van der Waals surface area (Å²) in [6.07, 6.45) is 1.57. The van der Waals surface area contributed by atoms with E-state index in [1.54, 1.807) is 6.33 Å². The van der Waals surface area contributed by atoms with Crippen molar-refractivity contribution in [2.75, 3.05) is 38.2 Å². The maximum atomic E-state index is 6.55. The van der Waals surface area contributed by atoms with Crippen LogP contribution in [0.5, 0.6) is 0 Å². The predicted octanol–water partition coefficient (Wildman–Crippen LogP) is 4.92. The fourth-order valence-electron chi connectivity index (χ4n) is 4.12.